The number of rotatable bonds is 18. The van der Waals surface area contributed by atoms with Crippen molar-refractivity contribution < 1.29 is 58.2 Å². The molecular weight excluding hydrogens is 844 g/mol. The molecule has 0 saturated carbocycles. The average Bonchev–Trinajstić information content (AvgIpc) is 4.11. The Balaban J connectivity index is 0.000000348. The summed E-state index contributed by atoms with van der Waals surface area (Å²) in [4.78, 5) is 0. The number of aromatic nitrogens is 2. The molecule has 340 valence electrons. The topological polar surface area (TPSA) is 98.8 Å². The summed E-state index contributed by atoms with van der Waals surface area (Å²) in [5.41, 5.74) is 18.8. The Morgan fingerprint density at radius 3 is 1.14 bits per heavy atom. The number of halogens is 4. The van der Waals surface area contributed by atoms with Crippen LogP contribution in [0.1, 0.15) is 83.6 Å². The van der Waals surface area contributed by atoms with Crippen molar-refractivity contribution in [1.82, 2.24) is 9.13 Å². The van der Waals surface area contributed by atoms with Gasteiger partial charge in [0.05, 0.1) is 0 Å². The molecule has 0 amide bonds. The molecule has 0 saturated heterocycles. The Hall–Kier alpha value is -3.85. The zero-order valence-electron chi connectivity index (χ0n) is 38.1. The van der Waals surface area contributed by atoms with Gasteiger partial charge in [-0.15, -0.1) is 48.2 Å². The van der Waals surface area contributed by atoms with Crippen LogP contribution in [0.3, 0.4) is 0 Å². The maximum Gasteiger partial charge on any atom is 4.00 e. The molecule has 2 aromatic heterocycles. The van der Waals surface area contributed by atoms with Crippen molar-refractivity contribution in [3.05, 3.63) is 165 Å². The first-order valence-electron chi connectivity index (χ1n) is 20.7. The third kappa shape index (κ3) is 16.9. The Morgan fingerprint density at radius 2 is 0.905 bits per heavy atom. The average molecular weight is 909 g/mol. The molecule has 2 aromatic carbocycles. The second kappa shape index (κ2) is 28.1. The van der Waals surface area contributed by atoms with Gasteiger partial charge in [-0.25, -0.2) is 41.9 Å². The molecule has 0 unspecified atom stereocenters. The standard InChI is InChI=1S/2C20H27F2N2O2.2C5H5.Ti/c2*1-14-11-18(20(23,7-9-25-3)8-10-26-4)15(2)24(14)13-16-5-6-17(21)12-19(16)22;2*1-2-4-5-3-1;/h2*5-6,11H,7-10,13,23H2,1-4H3;2*1-3H,4H2;/q4*-1;+4. The number of benzene rings is 2. The minimum atomic E-state index is -0.701. The Bertz CT molecular complexity index is 1930. The SMILES string of the molecule is COCCC(N)(CCOC)c1cc(C)n(Cc2ccc(F)[c-]c2F)c1C.COCCC(N)(CCOC)c1cc(C)n(Cc2ccc(F)[c-]c2F)c1C.[C-]1=CC=CC1.[C-]1=CC=CC1.[Ti+4]. The van der Waals surface area contributed by atoms with Gasteiger partial charge >= 0.3 is 21.7 Å². The summed E-state index contributed by atoms with van der Waals surface area (Å²) in [7, 11) is 6.59. The molecule has 13 heteroatoms. The Labute approximate surface area is 387 Å². The van der Waals surface area contributed by atoms with E-state index < -0.39 is 34.3 Å². The van der Waals surface area contributed by atoms with Crippen LogP contribution in [0.15, 0.2) is 72.9 Å². The van der Waals surface area contributed by atoms with E-state index in [4.69, 9.17) is 30.4 Å². The zero-order chi connectivity index (χ0) is 45.7. The summed E-state index contributed by atoms with van der Waals surface area (Å²) in [5.74, 6) is -2.74. The first-order chi connectivity index (χ1) is 29.6. The number of methoxy groups -OCH3 is 4. The molecule has 8 nitrogen and oxygen atoms in total. The Kier molecular flexibility index (Phi) is 24.7. The fourth-order valence-corrected chi connectivity index (χ4v) is 7.24. The molecule has 2 heterocycles. The fourth-order valence-electron chi connectivity index (χ4n) is 7.24. The first-order valence-corrected chi connectivity index (χ1v) is 20.7. The van der Waals surface area contributed by atoms with Crippen molar-refractivity contribution in [1.29, 1.82) is 0 Å². The summed E-state index contributed by atoms with van der Waals surface area (Å²) in [5, 5.41) is 0. The number of nitrogens with two attached hydrogens (primary N) is 2. The fraction of sp³-hybridized carbons (Fsp3) is 0.440. The summed E-state index contributed by atoms with van der Waals surface area (Å²) in [6.07, 6.45) is 22.6. The van der Waals surface area contributed by atoms with Gasteiger partial charge in [-0.2, -0.15) is 24.3 Å². The number of aryl methyl sites for hydroxylation is 2. The molecule has 0 bridgehead atoms. The molecular formula is C50H64F4N4O4Ti. The third-order valence-corrected chi connectivity index (χ3v) is 10.9. The molecule has 4 aromatic rings. The van der Waals surface area contributed by atoms with Crippen LogP contribution >= 0.6 is 0 Å². The van der Waals surface area contributed by atoms with Crippen molar-refractivity contribution in [2.45, 2.75) is 90.4 Å². The number of hydrogen-bond donors (Lipinski definition) is 2. The van der Waals surface area contributed by atoms with Gasteiger partial charge in [0.1, 0.15) is 0 Å². The molecule has 0 atom stereocenters. The number of nitrogens with zero attached hydrogens (tertiary/aromatic N) is 2. The molecule has 4 N–H and O–H groups in total. The molecule has 0 spiro atoms. The van der Waals surface area contributed by atoms with Crippen molar-refractivity contribution in [3.63, 3.8) is 0 Å². The normalized spacial score (nSPS) is 12.7. The van der Waals surface area contributed by atoms with Crippen LogP contribution in [-0.4, -0.2) is 64.0 Å². The van der Waals surface area contributed by atoms with E-state index in [-0.39, 0.29) is 21.7 Å². The second-order valence-corrected chi connectivity index (χ2v) is 15.3. The minimum absolute atomic E-state index is 0. The third-order valence-electron chi connectivity index (χ3n) is 10.9. The molecule has 2 aliphatic rings. The van der Waals surface area contributed by atoms with Crippen LogP contribution in [-0.2, 0) is 64.8 Å². The van der Waals surface area contributed by atoms with Gasteiger partial charge in [0.25, 0.3) is 0 Å². The van der Waals surface area contributed by atoms with E-state index in [0.717, 1.165) is 46.7 Å². The molecule has 0 aliphatic heterocycles. The molecule has 0 fully saturated rings. The monoisotopic (exact) mass is 908 g/mol. The number of ether oxygens (including phenoxy) is 4. The smallest absolute Gasteiger partial charge is 0.385 e. The van der Waals surface area contributed by atoms with Gasteiger partial charge in [-0.1, -0.05) is 0 Å². The van der Waals surface area contributed by atoms with Crippen LogP contribution in [0.2, 0.25) is 0 Å². The molecule has 6 rings (SSSR count). The van der Waals surface area contributed by atoms with Crippen molar-refractivity contribution in [2.75, 3.05) is 54.9 Å². The van der Waals surface area contributed by atoms with Gasteiger partial charge in [0, 0.05) is 125 Å². The van der Waals surface area contributed by atoms with Gasteiger partial charge < -0.3 is 39.5 Å². The minimum Gasteiger partial charge on any atom is -0.385 e. The van der Waals surface area contributed by atoms with E-state index in [0.29, 0.717) is 76.3 Å². The Morgan fingerprint density at radius 1 is 0.571 bits per heavy atom. The van der Waals surface area contributed by atoms with Crippen LogP contribution in [0.5, 0.6) is 0 Å². The van der Waals surface area contributed by atoms with Crippen molar-refractivity contribution in [3.8, 4) is 0 Å². The summed E-state index contributed by atoms with van der Waals surface area (Å²) in [6.45, 7) is 10.6. The predicted octanol–water partition coefficient (Wildman–Crippen LogP) is 9.53. The molecule has 63 heavy (non-hydrogen) atoms. The molecule has 0 radical (unpaired) electrons. The van der Waals surface area contributed by atoms with Crippen molar-refractivity contribution in [2.24, 2.45) is 11.5 Å². The van der Waals surface area contributed by atoms with Crippen LogP contribution < -0.4 is 11.5 Å². The maximum absolute atomic E-state index is 14.0. The van der Waals surface area contributed by atoms with Gasteiger partial charge in [-0.3, -0.25) is 12.2 Å². The van der Waals surface area contributed by atoms with Gasteiger partial charge in [0.15, 0.2) is 0 Å². The number of hydrogen-bond acceptors (Lipinski definition) is 6. The maximum atomic E-state index is 14.0. The van der Waals surface area contributed by atoms with E-state index in [9.17, 15) is 17.6 Å². The van der Waals surface area contributed by atoms with Crippen LogP contribution in [0.4, 0.5) is 17.6 Å². The summed E-state index contributed by atoms with van der Waals surface area (Å²) in [6, 6.07) is 13.6. The van der Waals surface area contributed by atoms with E-state index in [1.165, 1.54) is 24.3 Å². The number of allylic oxidation sites excluding steroid dienone is 8. The van der Waals surface area contributed by atoms with E-state index >= 15 is 0 Å². The van der Waals surface area contributed by atoms with Crippen LogP contribution in [0, 0.1) is 75.2 Å². The van der Waals surface area contributed by atoms with Gasteiger partial charge in [0.2, 0.25) is 0 Å². The summed E-state index contributed by atoms with van der Waals surface area (Å²) < 4.78 is 79.1. The largest absolute Gasteiger partial charge is 4.00 e. The van der Waals surface area contributed by atoms with E-state index in [2.05, 4.69) is 36.4 Å². The first kappa shape index (κ1) is 55.3. The quantitative estimate of drug-likeness (QED) is 0.0587. The van der Waals surface area contributed by atoms with E-state index in [1.54, 1.807) is 28.4 Å². The van der Waals surface area contributed by atoms with E-state index in [1.807, 2.05) is 73.3 Å². The van der Waals surface area contributed by atoms with Crippen LogP contribution in [0.25, 0.3) is 0 Å². The molecule has 2 aliphatic carbocycles. The second-order valence-electron chi connectivity index (χ2n) is 15.3. The predicted molar refractivity (Wildman–Crippen MR) is 237 cm³/mol. The zero-order valence-corrected chi connectivity index (χ0v) is 39.7. The summed E-state index contributed by atoms with van der Waals surface area (Å²) >= 11 is 0. The van der Waals surface area contributed by atoms with Gasteiger partial charge in [-0.05, 0) is 76.6 Å². The van der Waals surface area contributed by atoms with Crippen molar-refractivity contribution >= 4 is 0 Å².